The summed E-state index contributed by atoms with van der Waals surface area (Å²) in [5, 5.41) is 14.4. The predicted octanol–water partition coefficient (Wildman–Crippen LogP) is 2.85. The van der Waals surface area contributed by atoms with Crippen molar-refractivity contribution in [3.63, 3.8) is 0 Å². The molecule has 0 amide bonds. The number of aromatic nitrogens is 2. The van der Waals surface area contributed by atoms with Gasteiger partial charge < -0.3 is 9.84 Å². The van der Waals surface area contributed by atoms with Crippen molar-refractivity contribution in [1.82, 2.24) is 9.78 Å². The fourth-order valence-corrected chi connectivity index (χ4v) is 2.05. The van der Waals surface area contributed by atoms with Crippen LogP contribution in [-0.2, 0) is 12.1 Å². The molecule has 1 N–H and O–H groups in total. The first-order valence-corrected chi connectivity index (χ1v) is 6.10. The predicted molar refractivity (Wildman–Crippen MR) is 63.9 cm³/mol. The van der Waals surface area contributed by atoms with Crippen LogP contribution in [-0.4, -0.2) is 28.2 Å². The van der Waals surface area contributed by atoms with Gasteiger partial charge in [-0.25, -0.2) is 0 Å². The van der Waals surface area contributed by atoms with Gasteiger partial charge in [0.15, 0.2) is 5.75 Å². The first-order valence-electron chi connectivity index (χ1n) is 6.10. The Balaban J connectivity index is 2.84. The second-order valence-corrected chi connectivity index (χ2v) is 4.62. The van der Waals surface area contributed by atoms with Crippen molar-refractivity contribution in [2.24, 2.45) is 0 Å². The van der Waals surface area contributed by atoms with Gasteiger partial charge in [-0.05, 0) is 26.7 Å². The third-order valence-electron chi connectivity index (χ3n) is 2.96. The number of aryl methyl sites for hydroxylation is 1. The van der Waals surface area contributed by atoms with Crippen LogP contribution in [0.3, 0.4) is 0 Å². The van der Waals surface area contributed by atoms with E-state index < -0.39 is 18.2 Å². The highest BCUT2D eigenvalue weighted by Crippen LogP contribution is 2.35. The van der Waals surface area contributed by atoms with Crippen LogP contribution in [0.1, 0.15) is 38.8 Å². The molecule has 7 heteroatoms. The Kier molecular flexibility index (Phi) is 4.84. The van der Waals surface area contributed by atoms with Crippen LogP contribution in [0.15, 0.2) is 6.20 Å². The molecule has 1 aromatic heterocycles. The molecule has 0 fully saturated rings. The maximum Gasteiger partial charge on any atom is 0.389 e. The Bertz CT molecular complexity index is 392. The van der Waals surface area contributed by atoms with Gasteiger partial charge in [-0.2, -0.15) is 18.3 Å². The van der Waals surface area contributed by atoms with Gasteiger partial charge in [0.25, 0.3) is 0 Å². The van der Waals surface area contributed by atoms with Crippen LogP contribution in [0, 0.1) is 0 Å². The summed E-state index contributed by atoms with van der Waals surface area (Å²) in [6, 6.07) is 0. The van der Waals surface area contributed by atoms with Crippen molar-refractivity contribution in [1.29, 1.82) is 0 Å². The number of aliphatic hydroxyl groups is 1. The smallest absolute Gasteiger partial charge is 0.389 e. The van der Waals surface area contributed by atoms with Crippen molar-refractivity contribution < 1.29 is 23.0 Å². The molecule has 1 rings (SSSR count). The van der Waals surface area contributed by atoms with E-state index in [4.69, 9.17) is 4.74 Å². The molecule has 0 saturated carbocycles. The molecule has 19 heavy (non-hydrogen) atoms. The fraction of sp³-hybridized carbons (Fsp3) is 0.750. The molecule has 0 aliphatic carbocycles. The molecule has 0 bridgehead atoms. The number of halogens is 3. The van der Waals surface area contributed by atoms with Gasteiger partial charge in [0, 0.05) is 13.0 Å². The molecule has 110 valence electrons. The molecule has 0 saturated heterocycles. The lowest BCUT2D eigenvalue weighted by Crippen LogP contribution is -2.26. The van der Waals surface area contributed by atoms with E-state index in [1.54, 1.807) is 0 Å². The van der Waals surface area contributed by atoms with Gasteiger partial charge in [-0.15, -0.1) is 0 Å². The van der Waals surface area contributed by atoms with E-state index in [9.17, 15) is 18.3 Å². The highest BCUT2D eigenvalue weighted by atomic mass is 19.4. The monoisotopic (exact) mass is 280 g/mol. The van der Waals surface area contributed by atoms with Gasteiger partial charge in [0.2, 0.25) is 0 Å². The van der Waals surface area contributed by atoms with E-state index in [0.29, 0.717) is 18.0 Å². The minimum absolute atomic E-state index is 0.00539. The molecular formula is C12H19F3N2O2. The summed E-state index contributed by atoms with van der Waals surface area (Å²) >= 11 is 0. The first-order chi connectivity index (χ1) is 8.71. The Hall–Kier alpha value is -1.24. The SMILES string of the molecule is CCn1ncc(OC)c1C(C)(O)CCCC(F)(F)F. The molecule has 0 radical (unpaired) electrons. The number of methoxy groups -OCH3 is 1. The third-order valence-corrected chi connectivity index (χ3v) is 2.96. The number of hydrogen-bond donors (Lipinski definition) is 1. The van der Waals surface area contributed by atoms with Crippen LogP contribution in [0.4, 0.5) is 13.2 Å². The zero-order chi connectivity index (χ0) is 14.7. The number of nitrogens with zero attached hydrogens (tertiary/aromatic N) is 2. The summed E-state index contributed by atoms with van der Waals surface area (Å²) in [6.07, 6.45) is -3.81. The van der Waals surface area contributed by atoms with Crippen LogP contribution in [0.25, 0.3) is 0 Å². The number of ether oxygens (including phenoxy) is 1. The maximum absolute atomic E-state index is 12.1. The fourth-order valence-electron chi connectivity index (χ4n) is 2.05. The molecule has 4 nitrogen and oxygen atoms in total. The largest absolute Gasteiger partial charge is 0.493 e. The van der Waals surface area contributed by atoms with Crippen molar-refractivity contribution in [2.45, 2.75) is 51.4 Å². The van der Waals surface area contributed by atoms with Crippen LogP contribution >= 0.6 is 0 Å². The lowest BCUT2D eigenvalue weighted by molar-refractivity contribution is -0.138. The third kappa shape index (κ3) is 4.12. The van der Waals surface area contributed by atoms with Crippen molar-refractivity contribution in [3.8, 4) is 5.75 Å². The summed E-state index contributed by atoms with van der Waals surface area (Å²) in [6.45, 7) is 3.82. The summed E-state index contributed by atoms with van der Waals surface area (Å²) in [5.74, 6) is 0.388. The van der Waals surface area contributed by atoms with Crippen molar-refractivity contribution in [3.05, 3.63) is 11.9 Å². The molecule has 1 unspecified atom stereocenters. The average Bonchev–Trinajstić information content (AvgIpc) is 2.70. The molecule has 0 aliphatic rings. The Labute approximate surface area is 110 Å². The first kappa shape index (κ1) is 15.8. The second-order valence-electron chi connectivity index (χ2n) is 4.62. The van der Waals surface area contributed by atoms with E-state index in [0.717, 1.165) is 0 Å². The topological polar surface area (TPSA) is 47.3 Å². The van der Waals surface area contributed by atoms with E-state index in [2.05, 4.69) is 5.10 Å². The number of hydrogen-bond acceptors (Lipinski definition) is 3. The highest BCUT2D eigenvalue weighted by molar-refractivity contribution is 5.30. The van der Waals surface area contributed by atoms with E-state index in [-0.39, 0.29) is 12.8 Å². The van der Waals surface area contributed by atoms with E-state index >= 15 is 0 Å². The minimum atomic E-state index is -4.20. The van der Waals surface area contributed by atoms with Gasteiger partial charge in [-0.3, -0.25) is 4.68 Å². The quantitative estimate of drug-likeness (QED) is 0.871. The van der Waals surface area contributed by atoms with E-state index in [1.165, 1.54) is 24.9 Å². The summed E-state index contributed by atoms with van der Waals surface area (Å²) in [4.78, 5) is 0. The molecule has 1 heterocycles. The van der Waals surface area contributed by atoms with Crippen molar-refractivity contribution in [2.75, 3.05) is 7.11 Å². The number of rotatable bonds is 6. The van der Waals surface area contributed by atoms with E-state index in [1.807, 2.05) is 6.92 Å². The Morgan fingerprint density at radius 3 is 2.47 bits per heavy atom. The Morgan fingerprint density at radius 2 is 2.00 bits per heavy atom. The molecular weight excluding hydrogens is 261 g/mol. The van der Waals surface area contributed by atoms with Gasteiger partial charge in [-0.1, -0.05) is 0 Å². The number of alkyl halides is 3. The summed E-state index contributed by atoms with van der Waals surface area (Å²) < 4.78 is 43.1. The molecule has 0 aromatic carbocycles. The molecule has 1 aromatic rings. The zero-order valence-electron chi connectivity index (χ0n) is 11.3. The lowest BCUT2D eigenvalue weighted by atomic mass is 9.94. The standard InChI is InChI=1S/C12H19F3N2O2/c1-4-17-10(9(19-3)8-16-17)11(2,18)6-5-7-12(13,14)15/h8,18H,4-7H2,1-3H3. The average molecular weight is 280 g/mol. The molecule has 0 spiro atoms. The molecule has 1 atom stereocenters. The van der Waals surface area contributed by atoms with Crippen molar-refractivity contribution >= 4 is 0 Å². The summed E-state index contributed by atoms with van der Waals surface area (Å²) in [7, 11) is 1.44. The van der Waals surface area contributed by atoms with Crippen LogP contribution in [0.2, 0.25) is 0 Å². The zero-order valence-corrected chi connectivity index (χ0v) is 11.3. The van der Waals surface area contributed by atoms with Gasteiger partial charge >= 0.3 is 6.18 Å². The van der Waals surface area contributed by atoms with Gasteiger partial charge in [0.05, 0.1) is 13.3 Å². The van der Waals surface area contributed by atoms with Crippen LogP contribution < -0.4 is 4.74 Å². The second kappa shape index (κ2) is 5.81. The Morgan fingerprint density at radius 1 is 1.37 bits per heavy atom. The van der Waals surface area contributed by atoms with Crippen LogP contribution in [0.5, 0.6) is 5.75 Å². The summed E-state index contributed by atoms with van der Waals surface area (Å²) in [5.41, 5.74) is -0.983. The minimum Gasteiger partial charge on any atom is -0.493 e. The lowest BCUT2D eigenvalue weighted by Gasteiger charge is -2.25. The maximum atomic E-state index is 12.1. The highest BCUT2D eigenvalue weighted by Gasteiger charge is 2.33. The molecule has 0 aliphatic heterocycles. The van der Waals surface area contributed by atoms with Gasteiger partial charge in [0.1, 0.15) is 11.3 Å². The normalized spacial score (nSPS) is 15.3.